The molecule has 2 heterocycles. The Kier molecular flexibility index (Phi) is 4.14. The van der Waals surface area contributed by atoms with Crippen LogP contribution in [0, 0.1) is 0 Å². The lowest BCUT2D eigenvalue weighted by Gasteiger charge is -2.07. The molecule has 2 aromatic rings. The van der Waals surface area contributed by atoms with E-state index >= 15 is 0 Å². The Morgan fingerprint density at radius 2 is 2.12 bits per heavy atom. The monoisotopic (exact) mass is 351 g/mol. The Bertz CT molecular complexity index is 544. The minimum absolute atomic E-state index is 0.269. The summed E-state index contributed by atoms with van der Waals surface area (Å²) in [5.41, 5.74) is 5.62. The van der Waals surface area contributed by atoms with Crippen LogP contribution in [0.5, 0.6) is 0 Å². The molecular formula is C10H8BrCl2N3S. The van der Waals surface area contributed by atoms with Gasteiger partial charge in [-0.3, -0.25) is 0 Å². The van der Waals surface area contributed by atoms with Crippen molar-refractivity contribution in [1.29, 1.82) is 0 Å². The molecule has 0 radical (unpaired) electrons. The van der Waals surface area contributed by atoms with E-state index in [-0.39, 0.29) is 5.82 Å². The van der Waals surface area contributed by atoms with E-state index < -0.39 is 0 Å². The normalized spacial score (nSPS) is 10.5. The molecule has 3 N–H and O–H groups in total. The molecule has 0 fully saturated rings. The summed E-state index contributed by atoms with van der Waals surface area (Å²) in [5, 5.41) is 5.95. The fourth-order valence-corrected chi connectivity index (χ4v) is 3.04. The topological polar surface area (TPSA) is 50.9 Å². The van der Waals surface area contributed by atoms with Gasteiger partial charge in [-0.25, -0.2) is 4.98 Å². The van der Waals surface area contributed by atoms with Crippen LogP contribution >= 0.6 is 50.5 Å². The number of rotatable bonds is 3. The molecule has 0 atom stereocenters. The first kappa shape index (κ1) is 13.0. The Morgan fingerprint density at radius 3 is 2.76 bits per heavy atom. The van der Waals surface area contributed by atoms with Crippen molar-refractivity contribution < 1.29 is 0 Å². The van der Waals surface area contributed by atoms with Gasteiger partial charge in [0.2, 0.25) is 0 Å². The maximum Gasteiger partial charge on any atom is 0.147 e. The second kappa shape index (κ2) is 5.44. The molecule has 0 aliphatic rings. The predicted octanol–water partition coefficient (Wildman–Crippen LogP) is 4.41. The highest BCUT2D eigenvalue weighted by atomic mass is 79.9. The van der Waals surface area contributed by atoms with Gasteiger partial charge in [-0.2, -0.15) is 0 Å². The average molecular weight is 353 g/mol. The first-order chi connectivity index (χ1) is 8.06. The Hall–Kier alpha value is -0.490. The molecule has 2 rings (SSSR count). The SMILES string of the molecule is Nc1nc(NCc2cc(Br)cs2)c(Cl)cc1Cl. The molecule has 0 bridgehead atoms. The summed E-state index contributed by atoms with van der Waals surface area (Å²) in [6.45, 7) is 0.643. The zero-order valence-corrected chi connectivity index (χ0v) is 12.4. The summed E-state index contributed by atoms with van der Waals surface area (Å²) in [7, 11) is 0. The van der Waals surface area contributed by atoms with Gasteiger partial charge in [0.15, 0.2) is 0 Å². The second-order valence-corrected chi connectivity index (χ2v) is 6.00. The van der Waals surface area contributed by atoms with E-state index in [1.54, 1.807) is 17.4 Å². The van der Waals surface area contributed by atoms with Crippen molar-refractivity contribution in [3.8, 4) is 0 Å². The number of hydrogen-bond donors (Lipinski definition) is 2. The van der Waals surface area contributed by atoms with Crippen molar-refractivity contribution in [3.05, 3.63) is 36.9 Å². The van der Waals surface area contributed by atoms with Crippen LogP contribution in [-0.2, 0) is 6.54 Å². The Morgan fingerprint density at radius 1 is 1.35 bits per heavy atom. The number of nitrogens with two attached hydrogens (primary N) is 1. The smallest absolute Gasteiger partial charge is 0.147 e. The van der Waals surface area contributed by atoms with Crippen molar-refractivity contribution in [1.82, 2.24) is 4.98 Å². The van der Waals surface area contributed by atoms with Gasteiger partial charge in [0.05, 0.1) is 16.6 Å². The molecule has 90 valence electrons. The predicted molar refractivity (Wildman–Crippen MR) is 78.0 cm³/mol. The number of aromatic nitrogens is 1. The van der Waals surface area contributed by atoms with Gasteiger partial charge in [-0.05, 0) is 28.1 Å². The molecule has 0 aromatic carbocycles. The van der Waals surface area contributed by atoms with E-state index in [9.17, 15) is 0 Å². The zero-order chi connectivity index (χ0) is 12.4. The molecule has 0 amide bonds. The molecule has 3 nitrogen and oxygen atoms in total. The lowest BCUT2D eigenvalue weighted by atomic mass is 10.4. The van der Waals surface area contributed by atoms with Gasteiger partial charge in [0.25, 0.3) is 0 Å². The van der Waals surface area contributed by atoms with Crippen LogP contribution in [0.2, 0.25) is 10.0 Å². The van der Waals surface area contributed by atoms with Crippen LogP contribution in [0.3, 0.4) is 0 Å². The van der Waals surface area contributed by atoms with Crippen molar-refractivity contribution in [3.63, 3.8) is 0 Å². The molecule has 0 spiro atoms. The highest BCUT2D eigenvalue weighted by molar-refractivity contribution is 9.10. The number of nitrogens with zero attached hydrogens (tertiary/aromatic N) is 1. The average Bonchev–Trinajstić information content (AvgIpc) is 2.68. The number of anilines is 2. The van der Waals surface area contributed by atoms with Crippen LogP contribution in [0.25, 0.3) is 0 Å². The van der Waals surface area contributed by atoms with Crippen molar-refractivity contribution in [2.24, 2.45) is 0 Å². The molecule has 0 saturated heterocycles. The summed E-state index contributed by atoms with van der Waals surface area (Å²) in [4.78, 5) is 5.26. The number of pyridine rings is 1. The number of hydrogen-bond acceptors (Lipinski definition) is 4. The van der Waals surface area contributed by atoms with Crippen LogP contribution in [-0.4, -0.2) is 4.98 Å². The third kappa shape index (κ3) is 3.25. The van der Waals surface area contributed by atoms with E-state index in [0.717, 1.165) is 4.47 Å². The van der Waals surface area contributed by atoms with Crippen LogP contribution in [0.4, 0.5) is 11.6 Å². The quantitative estimate of drug-likeness (QED) is 0.860. The summed E-state index contributed by atoms with van der Waals surface area (Å²) < 4.78 is 1.06. The van der Waals surface area contributed by atoms with Gasteiger partial charge in [-0.1, -0.05) is 23.2 Å². The second-order valence-electron chi connectivity index (χ2n) is 3.27. The molecule has 0 saturated carbocycles. The third-order valence-electron chi connectivity index (χ3n) is 2.01. The largest absolute Gasteiger partial charge is 0.382 e. The number of thiophene rings is 1. The number of nitrogens with one attached hydrogen (secondary N) is 1. The third-order valence-corrected chi connectivity index (χ3v) is 4.30. The molecule has 17 heavy (non-hydrogen) atoms. The van der Waals surface area contributed by atoms with Crippen LogP contribution in [0.1, 0.15) is 4.88 Å². The van der Waals surface area contributed by atoms with Crippen molar-refractivity contribution >= 4 is 62.1 Å². The van der Waals surface area contributed by atoms with E-state index in [1.165, 1.54) is 4.88 Å². The first-order valence-corrected chi connectivity index (χ1v) is 7.07. The standard InChI is InChI=1S/C10H8BrCl2N3S/c11-5-1-6(17-4-5)3-15-10-8(13)2-7(12)9(14)16-10/h1-2,4H,3H2,(H3,14,15,16). The molecule has 7 heteroatoms. The van der Waals surface area contributed by atoms with E-state index in [1.807, 2.05) is 11.4 Å². The maximum absolute atomic E-state index is 6.00. The van der Waals surface area contributed by atoms with Crippen LogP contribution < -0.4 is 11.1 Å². The van der Waals surface area contributed by atoms with Crippen LogP contribution in [0.15, 0.2) is 22.0 Å². The minimum Gasteiger partial charge on any atom is -0.382 e. The van der Waals surface area contributed by atoms with E-state index in [0.29, 0.717) is 22.4 Å². The molecule has 0 unspecified atom stereocenters. The fourth-order valence-electron chi connectivity index (χ4n) is 1.22. The summed E-state index contributed by atoms with van der Waals surface area (Å²) in [6.07, 6.45) is 0. The maximum atomic E-state index is 6.00. The number of halogens is 3. The van der Waals surface area contributed by atoms with Gasteiger partial charge in [0, 0.05) is 14.7 Å². The fraction of sp³-hybridized carbons (Fsp3) is 0.100. The van der Waals surface area contributed by atoms with Gasteiger partial charge >= 0.3 is 0 Å². The highest BCUT2D eigenvalue weighted by Crippen LogP contribution is 2.28. The van der Waals surface area contributed by atoms with Gasteiger partial charge in [0.1, 0.15) is 11.6 Å². The van der Waals surface area contributed by atoms with E-state index in [2.05, 4.69) is 26.2 Å². The van der Waals surface area contributed by atoms with Crippen molar-refractivity contribution in [2.75, 3.05) is 11.1 Å². The van der Waals surface area contributed by atoms with Gasteiger partial charge in [-0.15, -0.1) is 11.3 Å². The van der Waals surface area contributed by atoms with E-state index in [4.69, 9.17) is 28.9 Å². The molecule has 2 aromatic heterocycles. The zero-order valence-electron chi connectivity index (χ0n) is 8.51. The minimum atomic E-state index is 0.269. The Balaban J connectivity index is 2.11. The molecule has 0 aliphatic carbocycles. The van der Waals surface area contributed by atoms with Crippen molar-refractivity contribution in [2.45, 2.75) is 6.54 Å². The molecular weight excluding hydrogens is 345 g/mol. The summed E-state index contributed by atoms with van der Waals surface area (Å²) in [6, 6.07) is 3.61. The summed E-state index contributed by atoms with van der Waals surface area (Å²) in [5.74, 6) is 0.809. The molecule has 0 aliphatic heterocycles. The van der Waals surface area contributed by atoms with Gasteiger partial charge < -0.3 is 11.1 Å². The lowest BCUT2D eigenvalue weighted by Crippen LogP contribution is -2.03. The number of nitrogen functional groups attached to an aromatic ring is 1. The highest BCUT2D eigenvalue weighted by Gasteiger charge is 2.07. The Labute approximate surface area is 121 Å². The lowest BCUT2D eigenvalue weighted by molar-refractivity contribution is 1.14. The summed E-state index contributed by atoms with van der Waals surface area (Å²) >= 11 is 16.8. The first-order valence-electron chi connectivity index (χ1n) is 4.64.